The van der Waals surface area contributed by atoms with Gasteiger partial charge in [-0.2, -0.15) is 10.2 Å². The highest BCUT2D eigenvalue weighted by Crippen LogP contribution is 2.50. The van der Waals surface area contributed by atoms with E-state index in [9.17, 15) is 5.11 Å². The molecule has 12 radical (unpaired) electrons. The second-order valence-electron chi connectivity index (χ2n) is 8.26. The number of aryl methyl sites for hydroxylation is 2. The molecular formula is C20H15B6N5OS. The maximum atomic E-state index is 11.0. The molecule has 0 fully saturated rings. The van der Waals surface area contributed by atoms with Crippen LogP contribution in [-0.4, -0.2) is 72.6 Å². The molecule has 0 aliphatic carbocycles. The fourth-order valence-electron chi connectivity index (χ4n) is 3.77. The van der Waals surface area contributed by atoms with Gasteiger partial charge in [-0.1, -0.05) is 24.3 Å². The van der Waals surface area contributed by atoms with Gasteiger partial charge in [-0.05, 0) is 30.5 Å². The van der Waals surface area contributed by atoms with Crippen molar-refractivity contribution < 1.29 is 5.11 Å². The molecule has 3 heterocycles. The third-order valence-electron chi connectivity index (χ3n) is 5.78. The summed E-state index contributed by atoms with van der Waals surface area (Å²) < 4.78 is 0.937. The quantitative estimate of drug-likeness (QED) is 0.441. The van der Waals surface area contributed by atoms with E-state index >= 15 is 0 Å². The van der Waals surface area contributed by atoms with Crippen molar-refractivity contribution >= 4 is 84.5 Å². The summed E-state index contributed by atoms with van der Waals surface area (Å²) in [5.41, 5.74) is 0.696. The van der Waals surface area contributed by atoms with E-state index in [2.05, 4.69) is 25.7 Å². The second-order valence-corrected chi connectivity index (χ2v) is 9.25. The van der Waals surface area contributed by atoms with Crippen LogP contribution < -0.4 is 5.32 Å². The zero-order valence-corrected chi connectivity index (χ0v) is 19.0. The van der Waals surface area contributed by atoms with Crippen LogP contribution in [0.25, 0.3) is 20.3 Å². The lowest BCUT2D eigenvalue weighted by atomic mass is 9.22. The van der Waals surface area contributed by atoms with Crippen molar-refractivity contribution in [2.24, 2.45) is 0 Å². The predicted molar refractivity (Wildman–Crippen MR) is 138 cm³/mol. The van der Waals surface area contributed by atoms with E-state index in [1.807, 2.05) is 13.8 Å². The number of benzene rings is 1. The zero-order valence-electron chi connectivity index (χ0n) is 18.2. The molecule has 0 bridgehead atoms. The van der Waals surface area contributed by atoms with E-state index in [-0.39, 0.29) is 5.56 Å². The van der Waals surface area contributed by atoms with Crippen LogP contribution in [0, 0.1) is 13.8 Å². The average molecular weight is 438 g/mol. The maximum absolute atomic E-state index is 11.0. The Morgan fingerprint density at radius 3 is 2.18 bits per heavy atom. The lowest BCUT2D eigenvalue weighted by molar-refractivity contribution is 0.0382. The molecule has 13 heteroatoms. The highest BCUT2D eigenvalue weighted by atomic mass is 32.1. The number of aliphatic hydroxyl groups is 1. The number of nitrogens with zero attached hydrogens (tertiary/aromatic N) is 4. The van der Waals surface area contributed by atoms with Crippen LogP contribution in [0.2, 0.25) is 10.2 Å². The van der Waals surface area contributed by atoms with Gasteiger partial charge in [0.1, 0.15) is 4.83 Å². The lowest BCUT2D eigenvalue weighted by Crippen LogP contribution is -2.52. The van der Waals surface area contributed by atoms with E-state index in [1.165, 1.54) is 11.3 Å². The summed E-state index contributed by atoms with van der Waals surface area (Å²) in [6.07, 6.45) is 1.74. The first-order valence-electron chi connectivity index (χ1n) is 10.0. The van der Waals surface area contributed by atoms with Gasteiger partial charge in [-0.15, -0.1) is 31.8 Å². The Labute approximate surface area is 204 Å². The van der Waals surface area contributed by atoms with E-state index in [0.29, 0.717) is 12.4 Å². The fourth-order valence-corrected chi connectivity index (χ4v) is 4.88. The van der Waals surface area contributed by atoms with Gasteiger partial charge in [0.25, 0.3) is 0 Å². The standard InChI is InChI=1S/C20H15B6N5OS/c1-9-10(2)29-31-17-14(9)13-8-28-30-16(15(13)33-17)27-7-11-3-5-12(6-4-11)18(32,19(21,22)23)20(24,25)26/h3-6,8,32H,7H2,1-2H3,(H,27,30). The van der Waals surface area contributed by atoms with Crippen molar-refractivity contribution in [1.82, 2.24) is 20.4 Å². The molecule has 150 valence electrons. The number of rotatable bonds is 6. The van der Waals surface area contributed by atoms with E-state index in [1.54, 1.807) is 30.5 Å². The Kier molecular flexibility index (Phi) is 5.94. The number of hydrogen-bond acceptors (Lipinski definition) is 7. The molecule has 1 aromatic carbocycles. The van der Waals surface area contributed by atoms with Crippen molar-refractivity contribution in [2.45, 2.75) is 36.2 Å². The minimum absolute atomic E-state index is 0.182. The Balaban J connectivity index is 1.62. The second kappa shape index (κ2) is 8.20. The van der Waals surface area contributed by atoms with Gasteiger partial charge in [0, 0.05) is 17.3 Å². The van der Waals surface area contributed by atoms with Crippen molar-refractivity contribution in [1.29, 1.82) is 0 Å². The van der Waals surface area contributed by atoms with Crippen LogP contribution in [0.15, 0.2) is 30.5 Å². The van der Waals surface area contributed by atoms with Gasteiger partial charge >= 0.3 is 0 Å². The molecule has 4 aromatic rings. The molecule has 0 aliphatic rings. The van der Waals surface area contributed by atoms with E-state index in [0.717, 1.165) is 37.1 Å². The molecule has 0 spiro atoms. The largest absolute Gasteiger partial charge is 0.389 e. The summed E-state index contributed by atoms with van der Waals surface area (Å²) in [7, 11) is 34.4. The summed E-state index contributed by atoms with van der Waals surface area (Å²) in [6.45, 7) is 4.37. The van der Waals surface area contributed by atoms with E-state index < -0.39 is 15.8 Å². The lowest BCUT2D eigenvalue weighted by Gasteiger charge is -2.53. The molecule has 0 atom stereocenters. The van der Waals surface area contributed by atoms with Crippen LogP contribution in [0.4, 0.5) is 5.82 Å². The summed E-state index contributed by atoms with van der Waals surface area (Å²) in [4.78, 5) is 0.831. The number of nitrogens with one attached hydrogen (secondary N) is 1. The van der Waals surface area contributed by atoms with Crippen molar-refractivity contribution in [3.05, 3.63) is 52.8 Å². The number of anilines is 1. The molecule has 4 rings (SSSR count). The van der Waals surface area contributed by atoms with Gasteiger partial charge in [0.05, 0.1) is 69.3 Å². The zero-order chi connectivity index (χ0) is 24.2. The normalized spacial score (nSPS) is 12.9. The number of hydrogen-bond donors (Lipinski definition) is 2. The smallest absolute Gasteiger partial charge is 0.167 e. The predicted octanol–water partition coefficient (Wildman–Crippen LogP) is 1.21. The molecule has 33 heavy (non-hydrogen) atoms. The number of thiophene rings is 1. The maximum Gasteiger partial charge on any atom is 0.167 e. The molecule has 0 aliphatic heterocycles. The number of aromatic nitrogens is 4. The molecule has 6 nitrogen and oxygen atoms in total. The highest BCUT2D eigenvalue weighted by molar-refractivity contribution is 7.26. The summed E-state index contributed by atoms with van der Waals surface area (Å²) in [5, 5.41) is 28.8. The Hall–Kier alpha value is -2.25. The average Bonchev–Trinajstić information content (AvgIpc) is 3.13. The van der Waals surface area contributed by atoms with Gasteiger partial charge in [-0.3, -0.25) is 0 Å². The van der Waals surface area contributed by atoms with Gasteiger partial charge in [-0.25, -0.2) is 0 Å². The van der Waals surface area contributed by atoms with Crippen LogP contribution in [0.1, 0.15) is 22.4 Å². The third kappa shape index (κ3) is 3.99. The monoisotopic (exact) mass is 439 g/mol. The van der Waals surface area contributed by atoms with Gasteiger partial charge in [0.15, 0.2) is 5.82 Å². The number of fused-ring (bicyclic) bond motifs is 3. The Bertz CT molecular complexity index is 1320. The Morgan fingerprint density at radius 2 is 1.58 bits per heavy atom. The fraction of sp³-hybridized carbons (Fsp3) is 0.300. The van der Waals surface area contributed by atoms with Crippen LogP contribution >= 0.6 is 11.3 Å². The molecule has 0 unspecified atom stereocenters. The molecular weight excluding hydrogens is 423 g/mol. The molecule has 2 N–H and O–H groups in total. The molecule has 0 amide bonds. The van der Waals surface area contributed by atoms with Crippen LogP contribution in [-0.2, 0) is 12.1 Å². The minimum atomic E-state index is -2.29. The first-order valence-corrected chi connectivity index (χ1v) is 10.8. The SMILES string of the molecule is [B]C([B])([B])C(O)(c1ccc(CNc2nncc3c2sc2nnc(C)c(C)c23)cc1)C([B])([B])[B]. The summed E-state index contributed by atoms with van der Waals surface area (Å²) in [5.74, 6) is 0.628. The minimum Gasteiger partial charge on any atom is -0.389 e. The topological polar surface area (TPSA) is 83.8 Å². The molecule has 0 saturated heterocycles. The third-order valence-corrected chi connectivity index (χ3v) is 6.88. The van der Waals surface area contributed by atoms with Crippen molar-refractivity contribution in [3.8, 4) is 0 Å². The molecule has 3 aromatic heterocycles. The summed E-state index contributed by atoms with van der Waals surface area (Å²) >= 11 is 1.50. The first kappa shape index (κ1) is 23.9. The first-order chi connectivity index (χ1) is 15.3. The van der Waals surface area contributed by atoms with Crippen LogP contribution in [0.5, 0.6) is 0 Å². The highest BCUT2D eigenvalue weighted by Gasteiger charge is 2.47. The van der Waals surface area contributed by atoms with Gasteiger partial charge in [0.2, 0.25) is 0 Å². The van der Waals surface area contributed by atoms with Gasteiger partial charge < -0.3 is 10.4 Å². The van der Waals surface area contributed by atoms with Crippen molar-refractivity contribution in [2.75, 3.05) is 5.32 Å². The van der Waals surface area contributed by atoms with Crippen molar-refractivity contribution in [3.63, 3.8) is 0 Å². The van der Waals surface area contributed by atoms with Crippen LogP contribution in [0.3, 0.4) is 0 Å². The Morgan fingerprint density at radius 1 is 0.939 bits per heavy atom. The molecule has 0 saturated carbocycles. The van der Waals surface area contributed by atoms with E-state index in [4.69, 9.17) is 47.1 Å². The summed E-state index contributed by atoms with van der Waals surface area (Å²) in [6, 6.07) is 6.60.